The minimum atomic E-state index is -0.684. The highest BCUT2D eigenvalue weighted by Gasteiger charge is 2.42. The van der Waals surface area contributed by atoms with Crippen LogP contribution in [0.4, 0.5) is 0 Å². The summed E-state index contributed by atoms with van der Waals surface area (Å²) >= 11 is 1.43. The molecule has 0 N–H and O–H groups in total. The standard InChI is InChI=1S/C29H37N3O6S/c1-7-37-26(34)20-9-8-14-31(16-20)23(33)15-21-17-39-28-30-18(2)24(27(35)38-29(3,4)5)25(32(21)28)19-10-12-22(36-6)13-11-19/h10-13,17,20,25H,7-9,14-16H2,1-6H3/t20-,25-/m1/s1. The van der Waals surface area contributed by atoms with E-state index in [-0.39, 0.29) is 24.2 Å². The van der Waals surface area contributed by atoms with Crippen LogP contribution in [0.1, 0.15) is 65.5 Å². The van der Waals surface area contributed by atoms with Crippen molar-refractivity contribution >= 4 is 34.8 Å². The Morgan fingerprint density at radius 3 is 2.51 bits per heavy atom. The maximum absolute atomic E-state index is 13.5. The number of carbonyl (C=O) groups is 3. The van der Waals surface area contributed by atoms with Crippen molar-refractivity contribution in [2.45, 2.75) is 65.5 Å². The fourth-order valence-electron chi connectivity index (χ4n) is 4.99. The van der Waals surface area contributed by atoms with Crippen molar-refractivity contribution in [1.82, 2.24) is 9.80 Å². The number of rotatable bonds is 7. The molecule has 1 amide bonds. The number of fused-ring (bicyclic) bond motifs is 1. The van der Waals surface area contributed by atoms with E-state index in [0.717, 1.165) is 17.7 Å². The Morgan fingerprint density at radius 2 is 1.87 bits per heavy atom. The Morgan fingerprint density at radius 1 is 1.15 bits per heavy atom. The van der Waals surface area contributed by atoms with Crippen LogP contribution in [0.3, 0.4) is 0 Å². The second kappa shape index (κ2) is 11.9. The van der Waals surface area contributed by atoms with Gasteiger partial charge in [0.25, 0.3) is 0 Å². The number of ether oxygens (including phenoxy) is 3. The van der Waals surface area contributed by atoms with Gasteiger partial charge in [-0.3, -0.25) is 9.59 Å². The first-order valence-electron chi connectivity index (χ1n) is 13.3. The maximum atomic E-state index is 13.5. The molecular formula is C29H37N3O6S. The van der Waals surface area contributed by atoms with Crippen LogP contribution in [-0.4, -0.2) is 65.2 Å². The van der Waals surface area contributed by atoms with E-state index in [1.807, 2.05) is 62.3 Å². The third-order valence-electron chi connectivity index (χ3n) is 6.78. The van der Waals surface area contributed by atoms with Crippen molar-refractivity contribution in [3.05, 3.63) is 52.2 Å². The zero-order valence-corrected chi connectivity index (χ0v) is 24.3. The van der Waals surface area contributed by atoms with Gasteiger partial charge in [0, 0.05) is 18.8 Å². The van der Waals surface area contributed by atoms with E-state index < -0.39 is 17.6 Å². The van der Waals surface area contributed by atoms with Crippen LogP contribution in [0.25, 0.3) is 0 Å². The normalized spacial score (nSPS) is 21.2. The molecule has 1 aromatic rings. The molecule has 0 aromatic heterocycles. The summed E-state index contributed by atoms with van der Waals surface area (Å²) in [5.41, 5.74) is 1.93. The number of thioether (sulfide) groups is 1. The van der Waals surface area contributed by atoms with Crippen molar-refractivity contribution in [3.63, 3.8) is 0 Å². The zero-order valence-electron chi connectivity index (χ0n) is 23.5. The van der Waals surface area contributed by atoms with Crippen molar-refractivity contribution < 1.29 is 28.6 Å². The highest BCUT2D eigenvalue weighted by molar-refractivity contribution is 8.16. The summed E-state index contributed by atoms with van der Waals surface area (Å²) in [5.74, 6) is -0.377. The summed E-state index contributed by atoms with van der Waals surface area (Å²) in [5, 5.41) is 2.62. The van der Waals surface area contributed by atoms with Gasteiger partial charge in [-0.2, -0.15) is 0 Å². The molecule has 2 atom stereocenters. The highest BCUT2D eigenvalue weighted by Crippen LogP contribution is 2.45. The number of methoxy groups -OCH3 is 1. The monoisotopic (exact) mass is 555 g/mol. The summed E-state index contributed by atoms with van der Waals surface area (Å²) in [7, 11) is 1.60. The number of amidine groups is 1. The van der Waals surface area contributed by atoms with Gasteiger partial charge in [-0.25, -0.2) is 9.79 Å². The molecule has 0 spiro atoms. The minimum Gasteiger partial charge on any atom is -0.497 e. The number of hydrogen-bond donors (Lipinski definition) is 0. The molecule has 0 unspecified atom stereocenters. The average Bonchev–Trinajstić information content (AvgIpc) is 3.28. The first-order valence-corrected chi connectivity index (χ1v) is 14.2. The first-order chi connectivity index (χ1) is 18.5. The fraction of sp³-hybridized carbons (Fsp3) is 0.517. The molecule has 0 saturated carbocycles. The minimum absolute atomic E-state index is 0.0735. The predicted octanol–water partition coefficient (Wildman–Crippen LogP) is 4.80. The Hall–Kier alpha value is -3.27. The third kappa shape index (κ3) is 6.49. The topological polar surface area (TPSA) is 97.7 Å². The number of benzene rings is 1. The Bertz CT molecular complexity index is 1210. The number of aliphatic imine (C=N–C) groups is 1. The molecule has 3 aliphatic heterocycles. The quantitative estimate of drug-likeness (QED) is 0.443. The summed E-state index contributed by atoms with van der Waals surface area (Å²) in [6.07, 6.45) is 1.58. The van der Waals surface area contributed by atoms with E-state index in [4.69, 9.17) is 19.2 Å². The summed E-state index contributed by atoms with van der Waals surface area (Å²) in [6.45, 7) is 10.4. The van der Waals surface area contributed by atoms with E-state index in [2.05, 4.69) is 0 Å². The largest absolute Gasteiger partial charge is 0.497 e. The molecule has 10 heteroatoms. The summed E-state index contributed by atoms with van der Waals surface area (Å²) < 4.78 is 16.3. The van der Waals surface area contributed by atoms with Gasteiger partial charge in [-0.05, 0) is 70.6 Å². The lowest BCUT2D eigenvalue weighted by atomic mass is 9.93. The second-order valence-corrected chi connectivity index (χ2v) is 11.6. The third-order valence-corrected chi connectivity index (χ3v) is 7.67. The van der Waals surface area contributed by atoms with Crippen molar-refractivity contribution in [2.24, 2.45) is 10.9 Å². The van der Waals surface area contributed by atoms with Gasteiger partial charge < -0.3 is 24.0 Å². The molecule has 3 heterocycles. The van der Waals surface area contributed by atoms with Gasteiger partial charge in [0.2, 0.25) is 5.91 Å². The van der Waals surface area contributed by atoms with Gasteiger partial charge in [-0.15, -0.1) is 0 Å². The van der Waals surface area contributed by atoms with Crippen LogP contribution in [0.5, 0.6) is 5.75 Å². The molecule has 1 aromatic carbocycles. The Balaban J connectivity index is 1.63. The second-order valence-electron chi connectivity index (χ2n) is 10.8. The van der Waals surface area contributed by atoms with Crippen LogP contribution in [0, 0.1) is 5.92 Å². The first kappa shape index (κ1) is 28.7. The summed E-state index contributed by atoms with van der Waals surface area (Å²) in [6, 6.07) is 7.01. The molecule has 1 fully saturated rings. The Labute approximate surface area is 234 Å². The number of esters is 2. The van der Waals surface area contributed by atoms with Crippen molar-refractivity contribution in [3.8, 4) is 5.75 Å². The summed E-state index contributed by atoms with van der Waals surface area (Å²) in [4.78, 5) is 47.7. The lowest BCUT2D eigenvalue weighted by Gasteiger charge is -2.38. The van der Waals surface area contributed by atoms with Crippen molar-refractivity contribution in [2.75, 3.05) is 26.8 Å². The Kier molecular flexibility index (Phi) is 8.73. The average molecular weight is 556 g/mol. The van der Waals surface area contributed by atoms with Crippen LogP contribution in [-0.2, 0) is 23.9 Å². The van der Waals surface area contributed by atoms with Gasteiger partial charge in [0.1, 0.15) is 11.4 Å². The molecule has 9 nitrogen and oxygen atoms in total. The smallest absolute Gasteiger partial charge is 0.338 e. The van der Waals surface area contributed by atoms with E-state index in [1.165, 1.54) is 11.8 Å². The number of likely N-dealkylation sites (tertiary alicyclic amines) is 1. The van der Waals surface area contributed by atoms with Gasteiger partial charge >= 0.3 is 11.9 Å². The predicted molar refractivity (Wildman–Crippen MR) is 150 cm³/mol. The van der Waals surface area contributed by atoms with Gasteiger partial charge in [0.05, 0.1) is 43.4 Å². The van der Waals surface area contributed by atoms with E-state index in [9.17, 15) is 14.4 Å². The highest BCUT2D eigenvalue weighted by atomic mass is 32.2. The number of allylic oxidation sites excluding steroid dienone is 1. The number of hydrogen-bond acceptors (Lipinski definition) is 9. The molecule has 0 bridgehead atoms. The molecule has 1 saturated heterocycles. The molecule has 39 heavy (non-hydrogen) atoms. The molecular weight excluding hydrogens is 518 g/mol. The van der Waals surface area contributed by atoms with E-state index in [0.29, 0.717) is 48.3 Å². The van der Waals surface area contributed by atoms with E-state index in [1.54, 1.807) is 18.9 Å². The maximum Gasteiger partial charge on any atom is 0.338 e. The molecule has 0 aliphatic carbocycles. The lowest BCUT2D eigenvalue weighted by molar-refractivity contribution is -0.152. The molecule has 4 rings (SSSR count). The number of carbonyl (C=O) groups excluding carboxylic acids is 3. The lowest BCUT2D eigenvalue weighted by Crippen LogP contribution is -2.44. The van der Waals surface area contributed by atoms with Crippen LogP contribution >= 0.6 is 11.8 Å². The van der Waals surface area contributed by atoms with Crippen molar-refractivity contribution in [1.29, 1.82) is 0 Å². The number of nitrogens with zero attached hydrogens (tertiary/aromatic N) is 3. The van der Waals surface area contributed by atoms with Gasteiger partial charge in [-0.1, -0.05) is 23.9 Å². The fourth-order valence-corrected chi connectivity index (χ4v) is 5.95. The number of piperidine rings is 1. The molecule has 3 aliphatic rings. The molecule has 210 valence electrons. The van der Waals surface area contributed by atoms with Crippen LogP contribution in [0.2, 0.25) is 0 Å². The molecule has 0 radical (unpaired) electrons. The van der Waals surface area contributed by atoms with E-state index >= 15 is 0 Å². The van der Waals surface area contributed by atoms with Gasteiger partial charge in [0.15, 0.2) is 5.17 Å². The zero-order chi connectivity index (χ0) is 28.3. The SMILES string of the molecule is CCOC(=O)[C@@H]1CCCN(C(=O)CC2=CSC3=NC(C)=C(C(=O)OC(C)(C)C)[C@@H](c4ccc(OC)cc4)N23)C1. The van der Waals surface area contributed by atoms with Crippen LogP contribution < -0.4 is 4.74 Å². The van der Waals surface area contributed by atoms with Crippen LogP contribution in [0.15, 0.2) is 51.6 Å². The number of amides is 1.